The lowest BCUT2D eigenvalue weighted by atomic mass is 10.2. The van der Waals surface area contributed by atoms with E-state index in [2.05, 4.69) is 10.1 Å². The van der Waals surface area contributed by atoms with Crippen LogP contribution in [0.1, 0.15) is 18.4 Å². The summed E-state index contributed by atoms with van der Waals surface area (Å²) in [5.41, 5.74) is 1.78. The van der Waals surface area contributed by atoms with Crippen molar-refractivity contribution in [3.63, 3.8) is 0 Å². The van der Waals surface area contributed by atoms with E-state index in [0.29, 0.717) is 17.3 Å². The molecule has 0 aliphatic heterocycles. The second-order valence-corrected chi connectivity index (χ2v) is 6.74. The quantitative estimate of drug-likeness (QED) is 0.660. The number of aromatic nitrogens is 2. The maximum atomic E-state index is 12.3. The number of nitrogens with zero attached hydrogens (tertiary/aromatic N) is 2. The first-order valence-electron chi connectivity index (χ1n) is 7.42. The van der Waals surface area contributed by atoms with Crippen LogP contribution in [0.3, 0.4) is 0 Å². The van der Waals surface area contributed by atoms with Gasteiger partial charge < -0.3 is 8.71 Å². The van der Waals surface area contributed by atoms with Crippen molar-refractivity contribution in [2.75, 3.05) is 0 Å². The van der Waals surface area contributed by atoms with Gasteiger partial charge in [-0.1, -0.05) is 24.2 Å². The van der Waals surface area contributed by atoms with E-state index >= 15 is 0 Å². The molecule has 0 bridgehead atoms. The molecule has 0 saturated carbocycles. The van der Waals surface area contributed by atoms with Crippen molar-refractivity contribution in [1.29, 1.82) is 0 Å². The zero-order chi connectivity index (χ0) is 17.2. The van der Waals surface area contributed by atoms with Gasteiger partial charge in [-0.15, -0.1) is 0 Å². The van der Waals surface area contributed by atoms with Crippen molar-refractivity contribution in [2.24, 2.45) is 0 Å². The topological polar surface area (TPSA) is 82.3 Å². The highest BCUT2D eigenvalue weighted by atomic mass is 32.2. The highest BCUT2D eigenvalue weighted by Crippen LogP contribution is 2.23. The Morgan fingerprint density at radius 1 is 1.04 bits per heavy atom. The number of aryl methyl sites for hydroxylation is 2. The molecule has 24 heavy (non-hydrogen) atoms. The molecule has 0 N–H and O–H groups in total. The first-order chi connectivity index (χ1) is 11.5. The Labute approximate surface area is 140 Å². The molecule has 2 aromatic carbocycles. The fourth-order valence-electron chi connectivity index (χ4n) is 2.14. The molecule has 0 saturated heterocycles. The second-order valence-electron chi connectivity index (χ2n) is 5.20. The lowest BCUT2D eigenvalue weighted by Crippen LogP contribution is -2.09. The molecule has 3 rings (SSSR count). The van der Waals surface area contributed by atoms with E-state index < -0.39 is 10.1 Å². The predicted molar refractivity (Wildman–Crippen MR) is 88.1 cm³/mol. The van der Waals surface area contributed by atoms with Crippen LogP contribution < -0.4 is 4.18 Å². The molecule has 0 atom stereocenters. The van der Waals surface area contributed by atoms with Crippen LogP contribution in [0.4, 0.5) is 0 Å². The summed E-state index contributed by atoms with van der Waals surface area (Å²) in [7, 11) is -3.86. The molecule has 1 heterocycles. The van der Waals surface area contributed by atoms with E-state index in [1.54, 1.807) is 55.5 Å². The van der Waals surface area contributed by atoms with Gasteiger partial charge in [-0.25, -0.2) is 0 Å². The van der Waals surface area contributed by atoms with E-state index in [9.17, 15) is 8.42 Å². The Balaban J connectivity index is 1.79. The van der Waals surface area contributed by atoms with Crippen molar-refractivity contribution in [2.45, 2.75) is 25.2 Å². The third-order valence-corrected chi connectivity index (χ3v) is 4.73. The fourth-order valence-corrected chi connectivity index (χ4v) is 3.07. The highest BCUT2D eigenvalue weighted by molar-refractivity contribution is 7.87. The van der Waals surface area contributed by atoms with Gasteiger partial charge in [-0.3, -0.25) is 0 Å². The molecule has 0 radical (unpaired) electrons. The molecule has 0 aliphatic carbocycles. The predicted octanol–water partition coefficient (Wildman–Crippen LogP) is 3.38. The Morgan fingerprint density at radius 2 is 1.71 bits per heavy atom. The zero-order valence-electron chi connectivity index (χ0n) is 13.3. The van der Waals surface area contributed by atoms with Gasteiger partial charge in [0.15, 0.2) is 0 Å². The van der Waals surface area contributed by atoms with Gasteiger partial charge in [-0.05, 0) is 48.4 Å². The van der Waals surface area contributed by atoms with Crippen molar-refractivity contribution in [1.82, 2.24) is 10.1 Å². The van der Waals surface area contributed by atoms with Crippen LogP contribution in [0.2, 0.25) is 0 Å². The van der Waals surface area contributed by atoms with E-state index in [1.807, 2.05) is 6.92 Å². The molecule has 7 heteroatoms. The van der Waals surface area contributed by atoms with Crippen molar-refractivity contribution < 1.29 is 17.1 Å². The summed E-state index contributed by atoms with van der Waals surface area (Å²) in [6.07, 6.45) is 0.845. The summed E-state index contributed by atoms with van der Waals surface area (Å²) < 4.78 is 34.7. The lowest BCUT2D eigenvalue weighted by Gasteiger charge is -2.08. The SMILES string of the molecule is CCc1ccc(S(=O)(=O)Oc2ccc(-c3noc(C)n3)cc2)cc1. The maximum Gasteiger partial charge on any atom is 0.339 e. The third kappa shape index (κ3) is 3.46. The summed E-state index contributed by atoms with van der Waals surface area (Å²) in [6.45, 7) is 3.71. The molecule has 6 nitrogen and oxygen atoms in total. The lowest BCUT2D eigenvalue weighted by molar-refractivity contribution is 0.394. The minimum Gasteiger partial charge on any atom is -0.379 e. The Morgan fingerprint density at radius 3 is 2.25 bits per heavy atom. The molecular weight excluding hydrogens is 328 g/mol. The smallest absolute Gasteiger partial charge is 0.339 e. The van der Waals surface area contributed by atoms with Crippen LogP contribution in [0.25, 0.3) is 11.4 Å². The number of rotatable bonds is 5. The molecule has 0 unspecified atom stereocenters. The number of hydrogen-bond donors (Lipinski definition) is 0. The molecule has 3 aromatic rings. The van der Waals surface area contributed by atoms with Crippen LogP contribution in [0, 0.1) is 6.92 Å². The minimum atomic E-state index is -3.86. The van der Waals surface area contributed by atoms with Gasteiger partial charge in [0.05, 0.1) is 0 Å². The minimum absolute atomic E-state index is 0.123. The van der Waals surface area contributed by atoms with E-state index in [-0.39, 0.29) is 10.6 Å². The van der Waals surface area contributed by atoms with Gasteiger partial charge in [0, 0.05) is 12.5 Å². The zero-order valence-corrected chi connectivity index (χ0v) is 14.1. The Bertz CT molecular complexity index is 929. The maximum absolute atomic E-state index is 12.3. The Kier molecular flexibility index (Phi) is 4.35. The summed E-state index contributed by atoms with van der Waals surface area (Å²) in [5.74, 6) is 1.12. The van der Waals surface area contributed by atoms with Gasteiger partial charge in [0.25, 0.3) is 0 Å². The average Bonchev–Trinajstić information content (AvgIpc) is 3.02. The van der Waals surface area contributed by atoms with E-state index in [4.69, 9.17) is 8.71 Å². The van der Waals surface area contributed by atoms with Gasteiger partial charge in [-0.2, -0.15) is 13.4 Å². The first-order valence-corrected chi connectivity index (χ1v) is 8.83. The fraction of sp³-hybridized carbons (Fsp3) is 0.176. The van der Waals surface area contributed by atoms with Crippen LogP contribution in [0.15, 0.2) is 57.9 Å². The second kappa shape index (κ2) is 6.45. The van der Waals surface area contributed by atoms with E-state index in [1.165, 1.54) is 0 Å². The van der Waals surface area contributed by atoms with Crippen LogP contribution in [-0.4, -0.2) is 18.6 Å². The molecule has 1 aromatic heterocycles. The van der Waals surface area contributed by atoms with Gasteiger partial charge >= 0.3 is 10.1 Å². The summed E-state index contributed by atoms with van der Waals surface area (Å²) in [4.78, 5) is 4.23. The summed E-state index contributed by atoms with van der Waals surface area (Å²) in [5, 5.41) is 3.81. The molecule has 0 amide bonds. The normalized spacial score (nSPS) is 11.4. The van der Waals surface area contributed by atoms with Crippen LogP contribution in [-0.2, 0) is 16.5 Å². The highest BCUT2D eigenvalue weighted by Gasteiger charge is 2.16. The van der Waals surface area contributed by atoms with Crippen molar-refractivity contribution in [3.05, 3.63) is 60.0 Å². The molecule has 0 aliphatic rings. The van der Waals surface area contributed by atoms with Gasteiger partial charge in [0.2, 0.25) is 11.7 Å². The molecular formula is C17H16N2O4S. The van der Waals surface area contributed by atoms with E-state index in [0.717, 1.165) is 12.0 Å². The first kappa shape index (κ1) is 16.2. The monoisotopic (exact) mass is 344 g/mol. The molecule has 0 spiro atoms. The van der Waals surface area contributed by atoms with Crippen molar-refractivity contribution in [3.8, 4) is 17.1 Å². The number of hydrogen-bond acceptors (Lipinski definition) is 6. The van der Waals surface area contributed by atoms with Crippen LogP contribution >= 0.6 is 0 Å². The summed E-state index contributed by atoms with van der Waals surface area (Å²) >= 11 is 0. The largest absolute Gasteiger partial charge is 0.379 e. The van der Waals surface area contributed by atoms with Gasteiger partial charge in [0.1, 0.15) is 10.6 Å². The third-order valence-electron chi connectivity index (χ3n) is 3.47. The molecule has 0 fully saturated rings. The van der Waals surface area contributed by atoms with Crippen LogP contribution in [0.5, 0.6) is 5.75 Å². The Hall–Kier alpha value is -2.67. The van der Waals surface area contributed by atoms with Crippen molar-refractivity contribution >= 4 is 10.1 Å². The number of benzene rings is 2. The molecule has 124 valence electrons. The summed E-state index contributed by atoms with van der Waals surface area (Å²) in [6, 6.07) is 13.1. The standard InChI is InChI=1S/C17H16N2O4S/c1-3-13-4-10-16(11-5-13)24(20,21)23-15-8-6-14(7-9-15)17-18-12(2)22-19-17/h4-11H,3H2,1-2H3. The average molecular weight is 344 g/mol.